The molecule has 0 bridgehead atoms. The van der Waals surface area contributed by atoms with E-state index in [1.165, 1.54) is 36.2 Å². The monoisotopic (exact) mass is 276 g/mol. The number of piperidine rings is 1. The first-order valence-corrected chi connectivity index (χ1v) is 7.73. The lowest BCUT2D eigenvalue weighted by Crippen LogP contribution is -2.33. The molecule has 1 aliphatic rings. The van der Waals surface area contributed by atoms with Gasteiger partial charge in [0.05, 0.1) is 10.2 Å². The van der Waals surface area contributed by atoms with E-state index in [1.54, 1.807) is 17.7 Å². The largest absolute Gasteiger partial charge is 0.369 e. The molecule has 0 radical (unpaired) electrons. The number of nitrogens with zero attached hydrogens (tertiary/aromatic N) is 3. The van der Waals surface area contributed by atoms with E-state index in [0.29, 0.717) is 0 Å². The van der Waals surface area contributed by atoms with Crippen LogP contribution >= 0.6 is 11.3 Å². The van der Waals surface area contributed by atoms with Crippen LogP contribution in [0.15, 0.2) is 11.7 Å². The van der Waals surface area contributed by atoms with E-state index in [1.807, 2.05) is 0 Å². The van der Waals surface area contributed by atoms with Gasteiger partial charge in [-0.05, 0) is 56.8 Å². The Bertz CT molecular complexity index is 558. The van der Waals surface area contributed by atoms with E-state index < -0.39 is 0 Å². The van der Waals surface area contributed by atoms with Crippen LogP contribution in [-0.4, -0.2) is 41.5 Å². The van der Waals surface area contributed by atoms with Gasteiger partial charge in [-0.15, -0.1) is 11.3 Å². The smallest absolute Gasteiger partial charge is 0.147 e. The zero-order chi connectivity index (χ0) is 13.2. The highest BCUT2D eigenvalue weighted by atomic mass is 32.1. The van der Waals surface area contributed by atoms with E-state index in [0.717, 1.165) is 23.8 Å². The summed E-state index contributed by atoms with van der Waals surface area (Å²) in [6, 6.07) is 0. The third-order valence-corrected chi connectivity index (χ3v) is 5.02. The zero-order valence-corrected chi connectivity index (χ0v) is 12.3. The van der Waals surface area contributed by atoms with Gasteiger partial charge in [0.1, 0.15) is 12.1 Å². The number of rotatable bonds is 3. The van der Waals surface area contributed by atoms with Crippen LogP contribution < -0.4 is 5.32 Å². The number of likely N-dealkylation sites (tertiary alicyclic amines) is 1. The maximum atomic E-state index is 4.40. The molecule has 3 heterocycles. The first kappa shape index (κ1) is 12.8. The Hall–Kier alpha value is -1.20. The highest BCUT2D eigenvalue weighted by molar-refractivity contribution is 7.18. The van der Waals surface area contributed by atoms with Crippen molar-refractivity contribution in [3.05, 3.63) is 17.3 Å². The van der Waals surface area contributed by atoms with Gasteiger partial charge in [-0.3, -0.25) is 0 Å². The molecule has 1 N–H and O–H groups in total. The van der Waals surface area contributed by atoms with Gasteiger partial charge in [-0.2, -0.15) is 0 Å². The SMILES string of the molecule is Cc1csc2c(NCC3CCN(C)CC3)ncnc12. The van der Waals surface area contributed by atoms with E-state index in [4.69, 9.17) is 0 Å². The molecular weight excluding hydrogens is 256 g/mol. The Morgan fingerprint density at radius 3 is 2.95 bits per heavy atom. The average Bonchev–Trinajstić information content (AvgIpc) is 2.81. The predicted molar refractivity (Wildman–Crippen MR) is 80.9 cm³/mol. The Labute approximate surface area is 117 Å². The Morgan fingerprint density at radius 1 is 1.37 bits per heavy atom. The Morgan fingerprint density at radius 2 is 2.16 bits per heavy atom. The molecule has 2 aromatic heterocycles. The Kier molecular flexibility index (Phi) is 3.66. The fourth-order valence-electron chi connectivity index (χ4n) is 2.60. The van der Waals surface area contributed by atoms with Gasteiger partial charge >= 0.3 is 0 Å². The molecule has 1 fully saturated rings. The first-order chi connectivity index (χ1) is 9.24. The summed E-state index contributed by atoms with van der Waals surface area (Å²) in [5.74, 6) is 1.77. The van der Waals surface area contributed by atoms with Crippen LogP contribution in [0.4, 0.5) is 5.82 Å². The van der Waals surface area contributed by atoms with Gasteiger partial charge in [0.15, 0.2) is 0 Å². The van der Waals surface area contributed by atoms with Crippen molar-refractivity contribution in [1.82, 2.24) is 14.9 Å². The average molecular weight is 276 g/mol. The molecule has 19 heavy (non-hydrogen) atoms. The minimum absolute atomic E-state index is 0.766. The van der Waals surface area contributed by atoms with Crippen LogP contribution in [0.5, 0.6) is 0 Å². The van der Waals surface area contributed by atoms with E-state index in [-0.39, 0.29) is 0 Å². The number of aromatic nitrogens is 2. The van der Waals surface area contributed by atoms with E-state index in [9.17, 15) is 0 Å². The molecule has 0 aliphatic carbocycles. The van der Waals surface area contributed by atoms with Crippen molar-refractivity contribution in [2.45, 2.75) is 19.8 Å². The molecular formula is C14H20N4S. The van der Waals surface area contributed by atoms with Crippen molar-refractivity contribution in [3.8, 4) is 0 Å². The highest BCUT2D eigenvalue weighted by Gasteiger charge is 2.17. The van der Waals surface area contributed by atoms with Gasteiger partial charge in [0, 0.05) is 6.54 Å². The molecule has 1 aliphatic heterocycles. The summed E-state index contributed by atoms with van der Waals surface area (Å²) < 4.78 is 1.19. The molecule has 0 atom stereocenters. The molecule has 2 aromatic rings. The summed E-state index contributed by atoms with van der Waals surface area (Å²) in [4.78, 5) is 11.2. The molecule has 0 spiro atoms. The lowest BCUT2D eigenvalue weighted by molar-refractivity contribution is 0.226. The van der Waals surface area contributed by atoms with Crippen LogP contribution in [0.3, 0.4) is 0 Å². The van der Waals surface area contributed by atoms with Crippen molar-refractivity contribution in [1.29, 1.82) is 0 Å². The first-order valence-electron chi connectivity index (χ1n) is 6.85. The molecule has 4 nitrogen and oxygen atoms in total. The number of hydrogen-bond donors (Lipinski definition) is 1. The summed E-state index contributed by atoms with van der Waals surface area (Å²) in [6.45, 7) is 5.55. The topological polar surface area (TPSA) is 41.0 Å². The molecule has 1 saturated heterocycles. The van der Waals surface area contributed by atoms with E-state index >= 15 is 0 Å². The number of anilines is 1. The molecule has 0 saturated carbocycles. The second-order valence-electron chi connectivity index (χ2n) is 5.45. The predicted octanol–water partition coefficient (Wildman–Crippen LogP) is 2.75. The van der Waals surface area contributed by atoms with Crippen molar-refractivity contribution < 1.29 is 0 Å². The normalized spacial score (nSPS) is 18.0. The van der Waals surface area contributed by atoms with Crippen molar-refractivity contribution in [3.63, 3.8) is 0 Å². The van der Waals surface area contributed by atoms with Crippen molar-refractivity contribution in [2.75, 3.05) is 32.0 Å². The summed E-state index contributed by atoms with van der Waals surface area (Å²) in [5.41, 5.74) is 2.33. The minimum Gasteiger partial charge on any atom is -0.369 e. The molecule has 3 rings (SSSR count). The van der Waals surface area contributed by atoms with Gasteiger partial charge in [-0.25, -0.2) is 9.97 Å². The summed E-state index contributed by atoms with van der Waals surface area (Å²) in [6.07, 6.45) is 4.22. The van der Waals surface area contributed by atoms with Gasteiger partial charge in [0.2, 0.25) is 0 Å². The third-order valence-electron chi connectivity index (χ3n) is 3.93. The van der Waals surface area contributed by atoms with Gasteiger partial charge < -0.3 is 10.2 Å². The summed E-state index contributed by atoms with van der Waals surface area (Å²) in [7, 11) is 2.20. The second kappa shape index (κ2) is 5.43. The fraction of sp³-hybridized carbons (Fsp3) is 0.571. The van der Waals surface area contributed by atoms with Crippen LogP contribution in [0, 0.1) is 12.8 Å². The number of fused-ring (bicyclic) bond motifs is 1. The molecule has 0 aromatic carbocycles. The third kappa shape index (κ3) is 2.72. The maximum absolute atomic E-state index is 4.40. The Balaban J connectivity index is 1.68. The van der Waals surface area contributed by atoms with E-state index in [2.05, 4.69) is 39.5 Å². The zero-order valence-electron chi connectivity index (χ0n) is 11.5. The standard InChI is InChI=1S/C14H20N4S/c1-10-8-19-13-12(10)16-9-17-14(13)15-7-11-3-5-18(2)6-4-11/h8-9,11H,3-7H2,1-2H3,(H,15,16,17). The molecule has 5 heteroatoms. The maximum Gasteiger partial charge on any atom is 0.147 e. The van der Waals surface area contributed by atoms with Crippen LogP contribution in [-0.2, 0) is 0 Å². The molecule has 0 unspecified atom stereocenters. The lowest BCUT2D eigenvalue weighted by atomic mass is 9.97. The summed E-state index contributed by atoms with van der Waals surface area (Å²) in [5, 5.41) is 5.68. The number of nitrogens with one attached hydrogen (secondary N) is 1. The lowest BCUT2D eigenvalue weighted by Gasteiger charge is -2.29. The van der Waals surface area contributed by atoms with Crippen molar-refractivity contribution >= 4 is 27.4 Å². The second-order valence-corrected chi connectivity index (χ2v) is 6.33. The molecule has 102 valence electrons. The quantitative estimate of drug-likeness (QED) is 0.936. The number of aryl methyl sites for hydroxylation is 1. The fourth-order valence-corrected chi connectivity index (χ4v) is 3.57. The number of thiophene rings is 1. The summed E-state index contributed by atoms with van der Waals surface area (Å²) >= 11 is 1.73. The highest BCUT2D eigenvalue weighted by Crippen LogP contribution is 2.28. The van der Waals surface area contributed by atoms with Crippen molar-refractivity contribution in [2.24, 2.45) is 5.92 Å². The molecule has 0 amide bonds. The number of hydrogen-bond acceptors (Lipinski definition) is 5. The van der Waals surface area contributed by atoms with Crippen LogP contribution in [0.25, 0.3) is 10.2 Å². The van der Waals surface area contributed by atoms with Gasteiger partial charge in [-0.1, -0.05) is 0 Å². The van der Waals surface area contributed by atoms with Gasteiger partial charge in [0.25, 0.3) is 0 Å². The minimum atomic E-state index is 0.766. The van der Waals surface area contributed by atoms with Crippen LogP contribution in [0.2, 0.25) is 0 Å². The van der Waals surface area contributed by atoms with Crippen LogP contribution in [0.1, 0.15) is 18.4 Å².